The van der Waals surface area contributed by atoms with Crippen molar-refractivity contribution in [1.29, 1.82) is 0 Å². The zero-order chi connectivity index (χ0) is 30.0. The van der Waals surface area contributed by atoms with E-state index in [0.717, 1.165) is 25.9 Å². The molecular weight excluding hydrogens is 563 g/mol. The van der Waals surface area contributed by atoms with Crippen molar-refractivity contribution < 1.29 is 23.5 Å². The highest BCUT2D eigenvalue weighted by atomic mass is 35.5. The number of fused-ring (bicyclic) bond motifs is 1. The fourth-order valence-corrected chi connectivity index (χ4v) is 5.03. The zero-order valence-electron chi connectivity index (χ0n) is 24.0. The molecule has 2 aliphatic heterocycles. The van der Waals surface area contributed by atoms with Gasteiger partial charge < -0.3 is 25.0 Å². The molecule has 1 saturated heterocycles. The summed E-state index contributed by atoms with van der Waals surface area (Å²) in [6.07, 6.45) is 4.15. The molecule has 12 heteroatoms. The highest BCUT2D eigenvalue weighted by molar-refractivity contribution is 6.30. The van der Waals surface area contributed by atoms with E-state index in [0.29, 0.717) is 22.0 Å². The Bertz CT molecular complexity index is 1490. The quantitative estimate of drug-likeness (QED) is 0.390. The first-order valence-electron chi connectivity index (χ1n) is 13.8. The summed E-state index contributed by atoms with van der Waals surface area (Å²) in [7, 11) is 2.06. The normalized spacial score (nSPS) is 15.9. The van der Waals surface area contributed by atoms with Crippen molar-refractivity contribution in [2.75, 3.05) is 43.5 Å². The van der Waals surface area contributed by atoms with Crippen LogP contribution in [0.3, 0.4) is 0 Å². The fourth-order valence-electron chi connectivity index (χ4n) is 4.85. The lowest BCUT2D eigenvalue weighted by molar-refractivity contribution is 0.0566. The van der Waals surface area contributed by atoms with Gasteiger partial charge in [-0.3, -0.25) is 14.7 Å². The molecule has 1 aromatic carbocycles. The van der Waals surface area contributed by atoms with Crippen LogP contribution in [0.5, 0.6) is 5.75 Å². The van der Waals surface area contributed by atoms with Crippen LogP contribution in [0.15, 0.2) is 42.7 Å². The molecule has 5 rings (SSSR count). The van der Waals surface area contributed by atoms with Crippen LogP contribution in [0.25, 0.3) is 11.3 Å². The molecule has 4 heterocycles. The number of hydrogen-bond acceptors (Lipinski definition) is 8. The number of nitrogens with zero attached hydrogens (tertiary/aromatic N) is 4. The van der Waals surface area contributed by atoms with Crippen molar-refractivity contribution in [3.63, 3.8) is 0 Å². The number of carbonyl (C=O) groups excluding carboxylic acids is 2. The van der Waals surface area contributed by atoms with E-state index >= 15 is 4.39 Å². The molecule has 42 heavy (non-hydrogen) atoms. The van der Waals surface area contributed by atoms with Gasteiger partial charge in [0, 0.05) is 29.0 Å². The number of anilines is 3. The lowest BCUT2D eigenvalue weighted by Gasteiger charge is -2.32. The number of halogens is 2. The third kappa shape index (κ3) is 6.74. The van der Waals surface area contributed by atoms with Crippen molar-refractivity contribution in [2.24, 2.45) is 0 Å². The number of piperidine rings is 1. The molecule has 0 bridgehead atoms. The van der Waals surface area contributed by atoms with E-state index in [4.69, 9.17) is 21.1 Å². The van der Waals surface area contributed by atoms with E-state index < -0.39 is 17.5 Å². The minimum absolute atomic E-state index is 0.0542. The van der Waals surface area contributed by atoms with Gasteiger partial charge in [-0.2, -0.15) is 0 Å². The van der Waals surface area contributed by atoms with Crippen LogP contribution in [-0.4, -0.2) is 71.8 Å². The summed E-state index contributed by atoms with van der Waals surface area (Å²) in [5.41, 5.74) is 0.763. The van der Waals surface area contributed by atoms with Crippen molar-refractivity contribution in [3.8, 4) is 17.0 Å². The smallest absolute Gasteiger partial charge is 0.416 e. The Labute approximate surface area is 249 Å². The van der Waals surface area contributed by atoms with Crippen LogP contribution in [-0.2, 0) is 4.74 Å². The topological polar surface area (TPSA) is 109 Å². The summed E-state index contributed by atoms with van der Waals surface area (Å²) in [6.45, 7) is 7.47. The largest absolute Gasteiger partial charge is 0.486 e. The number of amides is 2. The number of benzene rings is 1. The second kappa shape index (κ2) is 12.1. The Morgan fingerprint density at radius 3 is 2.62 bits per heavy atom. The van der Waals surface area contributed by atoms with Crippen LogP contribution in [0.4, 0.5) is 26.4 Å². The number of nitrogens with one attached hydrogen (secondary N) is 2. The van der Waals surface area contributed by atoms with Gasteiger partial charge in [0.15, 0.2) is 11.6 Å². The molecular formula is C30H34ClFN6O4. The number of hydrogen-bond donors (Lipinski definition) is 2. The number of likely N-dealkylation sites (tertiary alicyclic amines) is 1. The number of aromatic nitrogens is 2. The first-order valence-corrected chi connectivity index (χ1v) is 14.2. The second-order valence-electron chi connectivity index (χ2n) is 11.4. The van der Waals surface area contributed by atoms with Gasteiger partial charge in [0.2, 0.25) is 0 Å². The highest BCUT2D eigenvalue weighted by Crippen LogP contribution is 2.42. The van der Waals surface area contributed by atoms with Gasteiger partial charge in [-0.25, -0.2) is 14.2 Å². The van der Waals surface area contributed by atoms with Gasteiger partial charge in [0.05, 0.1) is 29.2 Å². The first-order chi connectivity index (χ1) is 20.0. The van der Waals surface area contributed by atoms with Crippen molar-refractivity contribution in [2.45, 2.75) is 45.3 Å². The lowest BCUT2D eigenvalue weighted by Crippen LogP contribution is -2.43. The average molecular weight is 597 g/mol. The molecule has 10 nitrogen and oxygen atoms in total. The molecule has 0 atom stereocenters. The SMILES string of the molecule is CN1CCC(NC(=O)c2cnccc2Nc2cc(-c3cc(Cl)ccc3F)nc3c2OCCN3C(=O)OC(C)(C)C)CC1. The monoisotopic (exact) mass is 596 g/mol. The van der Waals surface area contributed by atoms with Gasteiger partial charge in [0.25, 0.3) is 5.91 Å². The molecule has 0 aliphatic carbocycles. The van der Waals surface area contributed by atoms with E-state index in [1.807, 2.05) is 0 Å². The third-order valence-corrected chi connectivity index (χ3v) is 7.21. The van der Waals surface area contributed by atoms with E-state index in [-0.39, 0.29) is 47.9 Å². The Morgan fingerprint density at radius 1 is 1.12 bits per heavy atom. The van der Waals surface area contributed by atoms with Gasteiger partial charge in [-0.05, 0) is 84.1 Å². The number of ether oxygens (including phenoxy) is 2. The first kappa shape index (κ1) is 29.5. The Morgan fingerprint density at radius 2 is 1.88 bits per heavy atom. The molecule has 0 spiro atoms. The summed E-state index contributed by atoms with van der Waals surface area (Å²) >= 11 is 6.20. The molecule has 2 N–H and O–H groups in total. The van der Waals surface area contributed by atoms with Gasteiger partial charge >= 0.3 is 6.09 Å². The van der Waals surface area contributed by atoms with Crippen LogP contribution >= 0.6 is 11.6 Å². The second-order valence-corrected chi connectivity index (χ2v) is 11.8. The maximum absolute atomic E-state index is 15.0. The van der Waals surface area contributed by atoms with Crippen LogP contribution < -0.4 is 20.3 Å². The fraction of sp³-hybridized carbons (Fsp3) is 0.400. The molecule has 222 valence electrons. The molecule has 0 radical (unpaired) electrons. The Kier molecular flexibility index (Phi) is 8.51. The van der Waals surface area contributed by atoms with E-state index in [1.54, 1.807) is 39.1 Å². The van der Waals surface area contributed by atoms with Crippen molar-refractivity contribution >= 4 is 40.8 Å². The zero-order valence-corrected chi connectivity index (χ0v) is 24.8. The minimum Gasteiger partial charge on any atom is -0.486 e. The van der Waals surface area contributed by atoms with Crippen LogP contribution in [0, 0.1) is 5.82 Å². The molecule has 3 aromatic rings. The number of carbonyl (C=O) groups is 2. The molecule has 2 amide bonds. The number of rotatable bonds is 5. The minimum atomic E-state index is -0.750. The highest BCUT2D eigenvalue weighted by Gasteiger charge is 2.32. The van der Waals surface area contributed by atoms with E-state index in [9.17, 15) is 9.59 Å². The van der Waals surface area contributed by atoms with Crippen LogP contribution in [0.2, 0.25) is 5.02 Å². The Hall–Kier alpha value is -3.96. The van der Waals surface area contributed by atoms with Crippen molar-refractivity contribution in [3.05, 3.63) is 59.1 Å². The molecule has 1 fully saturated rings. The number of pyridine rings is 2. The van der Waals surface area contributed by atoms with Gasteiger partial charge in [-0.1, -0.05) is 11.6 Å². The summed E-state index contributed by atoms with van der Waals surface area (Å²) in [4.78, 5) is 38.9. The molecule has 0 unspecified atom stereocenters. The van der Waals surface area contributed by atoms with Gasteiger partial charge in [0.1, 0.15) is 18.0 Å². The lowest BCUT2D eigenvalue weighted by atomic mass is 10.0. The summed E-state index contributed by atoms with van der Waals surface area (Å²) in [6, 6.07) is 7.49. The standard InChI is InChI=1S/C30H34ClFN6O4/c1-30(2,3)42-29(40)38-13-14-41-26-25(16-24(36-27(26)38)20-15-18(31)5-6-22(20)32)35-23-7-10-33-17-21(23)28(39)34-19-8-11-37(4)12-9-19/h5-7,10,15-17,19H,8-9,11-14H2,1-4H3,(H,34,39)(H,33,35,36). The Balaban J connectivity index is 1.55. The van der Waals surface area contributed by atoms with Crippen LogP contribution in [0.1, 0.15) is 44.0 Å². The average Bonchev–Trinajstić information content (AvgIpc) is 2.94. The van der Waals surface area contributed by atoms with Gasteiger partial charge in [-0.15, -0.1) is 0 Å². The van der Waals surface area contributed by atoms with E-state index in [1.165, 1.54) is 29.3 Å². The predicted octanol–water partition coefficient (Wildman–Crippen LogP) is 5.64. The molecule has 0 saturated carbocycles. The predicted molar refractivity (Wildman–Crippen MR) is 159 cm³/mol. The van der Waals surface area contributed by atoms with E-state index in [2.05, 4.69) is 32.5 Å². The maximum Gasteiger partial charge on any atom is 0.416 e. The molecule has 2 aliphatic rings. The summed E-state index contributed by atoms with van der Waals surface area (Å²) < 4.78 is 26.6. The summed E-state index contributed by atoms with van der Waals surface area (Å²) in [5.74, 6) is -0.390. The van der Waals surface area contributed by atoms with Crippen molar-refractivity contribution in [1.82, 2.24) is 20.2 Å². The maximum atomic E-state index is 15.0. The summed E-state index contributed by atoms with van der Waals surface area (Å²) in [5, 5.41) is 6.71. The third-order valence-electron chi connectivity index (χ3n) is 6.98. The molecule has 2 aromatic heterocycles.